The Labute approximate surface area is 121 Å². The zero-order chi connectivity index (χ0) is 15.2. The van der Waals surface area contributed by atoms with Crippen molar-refractivity contribution in [3.63, 3.8) is 0 Å². The fourth-order valence-electron chi connectivity index (χ4n) is 2.15. The van der Waals surface area contributed by atoms with E-state index in [1.165, 1.54) is 0 Å². The van der Waals surface area contributed by atoms with Crippen LogP contribution in [0, 0.1) is 6.92 Å². The molecule has 0 amide bonds. The van der Waals surface area contributed by atoms with Gasteiger partial charge in [0, 0.05) is 11.1 Å². The van der Waals surface area contributed by atoms with Crippen LogP contribution in [-0.4, -0.2) is 11.1 Å². The standard InChI is InChI=1S/C16H13NO.CO2/c1-11-7-8-13-10-14(12-5-3-2-4-6-12)16(18)17-15(13)9-11;2-1-3/h2-10H,1H3,(H,17,18);. The van der Waals surface area contributed by atoms with Gasteiger partial charge < -0.3 is 4.98 Å². The number of nitrogens with one attached hydrogen (secondary N) is 1. The summed E-state index contributed by atoms with van der Waals surface area (Å²) in [6.45, 7) is 2.02. The third-order valence-electron chi connectivity index (χ3n) is 3.09. The Balaban J connectivity index is 0.000000497. The van der Waals surface area contributed by atoms with Gasteiger partial charge in [0.1, 0.15) is 0 Å². The minimum atomic E-state index is -0.0423. The highest BCUT2D eigenvalue weighted by Gasteiger charge is 2.04. The molecule has 0 spiro atoms. The Kier molecular flexibility index (Phi) is 4.44. The Morgan fingerprint density at radius 1 is 0.952 bits per heavy atom. The maximum Gasteiger partial charge on any atom is 0.373 e. The molecule has 3 rings (SSSR count). The molecule has 21 heavy (non-hydrogen) atoms. The number of rotatable bonds is 1. The van der Waals surface area contributed by atoms with E-state index in [0.717, 1.165) is 22.0 Å². The number of carbonyl (C=O) groups excluding carboxylic acids is 2. The summed E-state index contributed by atoms with van der Waals surface area (Å²) in [4.78, 5) is 31.3. The number of benzene rings is 2. The average molecular weight is 279 g/mol. The molecular weight excluding hydrogens is 266 g/mol. The third kappa shape index (κ3) is 3.32. The van der Waals surface area contributed by atoms with Crippen LogP contribution in [0.4, 0.5) is 0 Å². The second-order valence-electron chi connectivity index (χ2n) is 4.55. The molecule has 104 valence electrons. The number of hydrogen-bond donors (Lipinski definition) is 1. The zero-order valence-electron chi connectivity index (χ0n) is 11.4. The van der Waals surface area contributed by atoms with Crippen LogP contribution in [0.15, 0.2) is 59.4 Å². The predicted molar refractivity (Wildman–Crippen MR) is 79.7 cm³/mol. The van der Waals surface area contributed by atoms with Crippen LogP contribution >= 0.6 is 0 Å². The van der Waals surface area contributed by atoms with Gasteiger partial charge in [-0.05, 0) is 35.6 Å². The van der Waals surface area contributed by atoms with E-state index in [9.17, 15) is 4.79 Å². The number of aromatic amines is 1. The molecule has 3 aromatic rings. The summed E-state index contributed by atoms with van der Waals surface area (Å²) in [5.41, 5.74) is 3.65. The quantitative estimate of drug-likeness (QED) is 0.744. The highest BCUT2D eigenvalue weighted by molar-refractivity contribution is 5.83. The molecule has 4 heteroatoms. The van der Waals surface area contributed by atoms with Crippen molar-refractivity contribution in [2.24, 2.45) is 0 Å². The lowest BCUT2D eigenvalue weighted by Gasteiger charge is -2.04. The van der Waals surface area contributed by atoms with E-state index in [0.29, 0.717) is 5.56 Å². The van der Waals surface area contributed by atoms with Crippen molar-refractivity contribution < 1.29 is 9.59 Å². The van der Waals surface area contributed by atoms with E-state index in [1.807, 2.05) is 55.5 Å². The molecule has 0 fully saturated rings. The fourth-order valence-corrected chi connectivity index (χ4v) is 2.15. The first-order chi connectivity index (χ1) is 10.2. The second kappa shape index (κ2) is 6.46. The maximum absolute atomic E-state index is 12.1. The number of H-pyrrole nitrogens is 1. The number of aromatic nitrogens is 1. The van der Waals surface area contributed by atoms with E-state index in [4.69, 9.17) is 9.59 Å². The molecule has 2 aromatic carbocycles. The minimum Gasteiger partial charge on any atom is -0.321 e. The van der Waals surface area contributed by atoms with Crippen molar-refractivity contribution in [3.8, 4) is 11.1 Å². The molecule has 0 atom stereocenters. The van der Waals surface area contributed by atoms with Crippen molar-refractivity contribution >= 4 is 17.1 Å². The molecule has 0 aliphatic carbocycles. The smallest absolute Gasteiger partial charge is 0.321 e. The summed E-state index contributed by atoms with van der Waals surface area (Å²) in [5, 5.41) is 1.05. The summed E-state index contributed by atoms with van der Waals surface area (Å²) in [5.74, 6) is 0. The number of fused-ring (bicyclic) bond motifs is 1. The van der Waals surface area contributed by atoms with E-state index < -0.39 is 0 Å². The number of pyridine rings is 1. The van der Waals surface area contributed by atoms with Crippen molar-refractivity contribution in [3.05, 3.63) is 70.5 Å². The fraction of sp³-hybridized carbons (Fsp3) is 0.0588. The monoisotopic (exact) mass is 279 g/mol. The first-order valence-corrected chi connectivity index (χ1v) is 6.34. The van der Waals surface area contributed by atoms with Gasteiger partial charge in [0.25, 0.3) is 5.56 Å². The first-order valence-electron chi connectivity index (χ1n) is 6.34. The molecule has 0 unspecified atom stereocenters. The summed E-state index contributed by atoms with van der Waals surface area (Å²) in [6.07, 6.45) is 0.250. The lowest BCUT2D eigenvalue weighted by atomic mass is 10.0. The van der Waals surface area contributed by atoms with Gasteiger partial charge in [-0.1, -0.05) is 42.5 Å². The maximum atomic E-state index is 12.1. The molecule has 1 N–H and O–H groups in total. The van der Waals surface area contributed by atoms with Gasteiger partial charge in [-0.25, -0.2) is 0 Å². The Morgan fingerprint density at radius 3 is 2.29 bits per heavy atom. The van der Waals surface area contributed by atoms with E-state index in [2.05, 4.69) is 11.1 Å². The van der Waals surface area contributed by atoms with Gasteiger partial charge in [-0.15, -0.1) is 0 Å². The summed E-state index contributed by atoms with van der Waals surface area (Å²) in [6, 6.07) is 17.7. The molecule has 0 bridgehead atoms. The minimum absolute atomic E-state index is 0.0423. The largest absolute Gasteiger partial charge is 0.373 e. The van der Waals surface area contributed by atoms with Gasteiger partial charge in [0.2, 0.25) is 0 Å². The van der Waals surface area contributed by atoms with Crippen LogP contribution < -0.4 is 5.56 Å². The molecular formula is C17H13NO3. The van der Waals surface area contributed by atoms with Crippen LogP contribution in [0.3, 0.4) is 0 Å². The Morgan fingerprint density at radius 2 is 1.62 bits per heavy atom. The lowest BCUT2D eigenvalue weighted by Crippen LogP contribution is -2.08. The lowest BCUT2D eigenvalue weighted by molar-refractivity contribution is -0.191. The van der Waals surface area contributed by atoms with Crippen LogP contribution in [0.5, 0.6) is 0 Å². The molecule has 0 radical (unpaired) electrons. The predicted octanol–water partition coefficient (Wildman–Crippen LogP) is 2.92. The summed E-state index contributed by atoms with van der Waals surface area (Å²) in [7, 11) is 0. The van der Waals surface area contributed by atoms with Crippen LogP contribution in [0.1, 0.15) is 5.56 Å². The highest BCUT2D eigenvalue weighted by atomic mass is 16.2. The molecule has 0 aliphatic heterocycles. The Hall–Kier alpha value is -2.97. The SMILES string of the molecule is Cc1ccc2cc(-c3ccccc3)c(=O)[nH]c2c1.O=C=O. The van der Waals surface area contributed by atoms with Crippen molar-refractivity contribution in [2.45, 2.75) is 6.92 Å². The first kappa shape index (κ1) is 14.4. The molecule has 1 heterocycles. The number of aryl methyl sites for hydroxylation is 1. The molecule has 0 saturated carbocycles. The van der Waals surface area contributed by atoms with Gasteiger partial charge in [-0.2, -0.15) is 9.59 Å². The average Bonchev–Trinajstić information content (AvgIpc) is 2.48. The van der Waals surface area contributed by atoms with Gasteiger partial charge in [0.05, 0.1) is 0 Å². The molecule has 0 aliphatic rings. The topological polar surface area (TPSA) is 67.0 Å². The normalized spacial score (nSPS) is 9.57. The second-order valence-corrected chi connectivity index (χ2v) is 4.55. The van der Waals surface area contributed by atoms with E-state index in [1.54, 1.807) is 0 Å². The molecule has 1 aromatic heterocycles. The summed E-state index contributed by atoms with van der Waals surface area (Å²) < 4.78 is 0. The van der Waals surface area contributed by atoms with E-state index >= 15 is 0 Å². The molecule has 0 saturated heterocycles. The van der Waals surface area contributed by atoms with Crippen molar-refractivity contribution in [1.29, 1.82) is 0 Å². The summed E-state index contributed by atoms with van der Waals surface area (Å²) >= 11 is 0. The molecule has 4 nitrogen and oxygen atoms in total. The van der Waals surface area contributed by atoms with Gasteiger partial charge in [0.15, 0.2) is 0 Å². The van der Waals surface area contributed by atoms with E-state index in [-0.39, 0.29) is 11.7 Å². The zero-order valence-corrected chi connectivity index (χ0v) is 11.4. The highest BCUT2D eigenvalue weighted by Crippen LogP contribution is 2.19. The van der Waals surface area contributed by atoms with Crippen molar-refractivity contribution in [2.75, 3.05) is 0 Å². The Bertz CT molecular complexity index is 845. The van der Waals surface area contributed by atoms with Crippen LogP contribution in [0.2, 0.25) is 0 Å². The number of hydrogen-bond acceptors (Lipinski definition) is 3. The van der Waals surface area contributed by atoms with Crippen LogP contribution in [0.25, 0.3) is 22.0 Å². The third-order valence-corrected chi connectivity index (χ3v) is 3.09. The van der Waals surface area contributed by atoms with Crippen LogP contribution in [-0.2, 0) is 9.59 Å². The van der Waals surface area contributed by atoms with Gasteiger partial charge >= 0.3 is 6.15 Å². The van der Waals surface area contributed by atoms with Crippen molar-refractivity contribution in [1.82, 2.24) is 4.98 Å². The van der Waals surface area contributed by atoms with Gasteiger partial charge in [-0.3, -0.25) is 4.79 Å².